The minimum atomic E-state index is -2.52. The molecule has 2 aromatic rings. The molecule has 2 nitrogen and oxygen atoms in total. The molecular weight excluding hydrogens is 212 g/mol. The molecule has 0 radical (unpaired) electrons. The molecule has 0 bridgehead atoms. The number of ether oxygens (including phenoxy) is 1. The molecule has 4 heteroatoms. The number of hydrogen-bond acceptors (Lipinski definition) is 1. The highest BCUT2D eigenvalue weighted by Gasteiger charge is 2.12. The van der Waals surface area contributed by atoms with E-state index in [1.165, 1.54) is 6.20 Å². The highest BCUT2D eigenvalue weighted by Crippen LogP contribution is 2.29. The first kappa shape index (κ1) is 10.9. The summed E-state index contributed by atoms with van der Waals surface area (Å²) in [6.45, 7) is 1.29. The van der Waals surface area contributed by atoms with E-state index in [9.17, 15) is 8.78 Å². The molecule has 1 aromatic carbocycles. The number of nitrogens with zero attached hydrogens (tertiary/aromatic N) is 1. The van der Waals surface area contributed by atoms with Crippen LogP contribution in [0.25, 0.3) is 10.9 Å². The molecule has 0 aliphatic heterocycles. The molecule has 0 aliphatic rings. The van der Waals surface area contributed by atoms with Crippen molar-refractivity contribution < 1.29 is 13.5 Å². The average Bonchev–Trinajstić information content (AvgIpc) is 2.61. The van der Waals surface area contributed by atoms with Gasteiger partial charge in [0.1, 0.15) is 5.75 Å². The molecule has 0 fully saturated rings. The van der Waals surface area contributed by atoms with Crippen molar-refractivity contribution in [2.24, 2.45) is 0 Å². The SMILES string of the molecule is CC(C)Oc1cccc2c1ccn2C(F)F. The van der Waals surface area contributed by atoms with E-state index in [4.69, 9.17) is 4.74 Å². The summed E-state index contributed by atoms with van der Waals surface area (Å²) in [6.07, 6.45) is 1.41. The van der Waals surface area contributed by atoms with Crippen molar-refractivity contribution in [2.75, 3.05) is 0 Å². The first-order valence-corrected chi connectivity index (χ1v) is 5.14. The molecule has 2 rings (SSSR count). The van der Waals surface area contributed by atoms with E-state index in [2.05, 4.69) is 0 Å². The molecular formula is C12H13F2NO. The molecule has 0 saturated heterocycles. The van der Waals surface area contributed by atoms with Crippen LogP contribution >= 0.6 is 0 Å². The van der Waals surface area contributed by atoms with Crippen LogP contribution in [-0.2, 0) is 0 Å². The summed E-state index contributed by atoms with van der Waals surface area (Å²) in [7, 11) is 0. The Balaban J connectivity index is 2.53. The summed E-state index contributed by atoms with van der Waals surface area (Å²) in [5.74, 6) is 0.645. The minimum absolute atomic E-state index is 0.0282. The molecule has 1 heterocycles. The maximum absolute atomic E-state index is 12.6. The van der Waals surface area contributed by atoms with Gasteiger partial charge in [-0.1, -0.05) is 6.07 Å². The Morgan fingerprint density at radius 2 is 1.94 bits per heavy atom. The summed E-state index contributed by atoms with van der Waals surface area (Å²) in [5, 5.41) is 0.719. The molecule has 0 amide bonds. The number of alkyl halides is 2. The van der Waals surface area contributed by atoms with Crippen LogP contribution in [-0.4, -0.2) is 10.7 Å². The third-order valence-corrected chi connectivity index (χ3v) is 2.30. The molecule has 0 N–H and O–H groups in total. The Morgan fingerprint density at radius 3 is 2.56 bits per heavy atom. The first-order valence-electron chi connectivity index (χ1n) is 5.14. The van der Waals surface area contributed by atoms with E-state index in [1.54, 1.807) is 24.3 Å². The second-order valence-electron chi connectivity index (χ2n) is 3.86. The van der Waals surface area contributed by atoms with E-state index in [0.717, 1.165) is 9.95 Å². The fraction of sp³-hybridized carbons (Fsp3) is 0.333. The van der Waals surface area contributed by atoms with Crippen LogP contribution in [0.15, 0.2) is 30.5 Å². The van der Waals surface area contributed by atoms with Gasteiger partial charge in [0.15, 0.2) is 0 Å². The summed E-state index contributed by atoms with van der Waals surface area (Å²) < 4.78 is 31.8. The van der Waals surface area contributed by atoms with Crippen molar-refractivity contribution in [2.45, 2.75) is 26.5 Å². The van der Waals surface area contributed by atoms with Gasteiger partial charge in [0.2, 0.25) is 0 Å². The largest absolute Gasteiger partial charge is 0.490 e. The first-order chi connectivity index (χ1) is 7.59. The zero-order valence-electron chi connectivity index (χ0n) is 9.15. The molecule has 0 unspecified atom stereocenters. The summed E-state index contributed by atoms with van der Waals surface area (Å²) in [4.78, 5) is 0. The quantitative estimate of drug-likeness (QED) is 0.774. The Morgan fingerprint density at radius 1 is 1.19 bits per heavy atom. The number of fused-ring (bicyclic) bond motifs is 1. The highest BCUT2D eigenvalue weighted by atomic mass is 19.3. The lowest BCUT2D eigenvalue weighted by atomic mass is 10.2. The van der Waals surface area contributed by atoms with Crippen molar-refractivity contribution in [1.29, 1.82) is 0 Å². The third-order valence-electron chi connectivity index (χ3n) is 2.30. The van der Waals surface area contributed by atoms with Gasteiger partial charge < -0.3 is 4.74 Å². The number of halogens is 2. The average molecular weight is 225 g/mol. The minimum Gasteiger partial charge on any atom is -0.490 e. The topological polar surface area (TPSA) is 14.2 Å². The van der Waals surface area contributed by atoms with Gasteiger partial charge in [0, 0.05) is 11.6 Å². The molecule has 0 atom stereocenters. The molecule has 16 heavy (non-hydrogen) atoms. The predicted molar refractivity (Wildman–Crippen MR) is 59.0 cm³/mol. The van der Waals surface area contributed by atoms with Crippen molar-refractivity contribution in [3.05, 3.63) is 30.5 Å². The van der Waals surface area contributed by atoms with Gasteiger partial charge in [0.05, 0.1) is 11.6 Å². The third kappa shape index (κ3) is 1.87. The lowest BCUT2D eigenvalue weighted by Gasteiger charge is -2.11. The van der Waals surface area contributed by atoms with Gasteiger partial charge in [0.25, 0.3) is 0 Å². The number of benzene rings is 1. The Labute approximate surface area is 92.4 Å². The number of hydrogen-bond donors (Lipinski definition) is 0. The van der Waals surface area contributed by atoms with Crippen LogP contribution < -0.4 is 4.74 Å². The van der Waals surface area contributed by atoms with Crippen LogP contribution in [0.2, 0.25) is 0 Å². The smallest absolute Gasteiger partial charge is 0.319 e. The standard InChI is InChI=1S/C12H13F2NO/c1-8(2)16-11-5-3-4-10-9(11)6-7-15(10)12(13)14/h3-8,12H,1-2H3. The predicted octanol–water partition coefficient (Wildman–Crippen LogP) is 3.82. The van der Waals surface area contributed by atoms with Crippen LogP contribution in [0.4, 0.5) is 8.78 Å². The van der Waals surface area contributed by atoms with Gasteiger partial charge in [-0.2, -0.15) is 8.78 Å². The van der Waals surface area contributed by atoms with E-state index in [1.807, 2.05) is 13.8 Å². The second kappa shape index (κ2) is 4.12. The molecule has 86 valence electrons. The lowest BCUT2D eigenvalue weighted by molar-refractivity contribution is 0.0752. The van der Waals surface area contributed by atoms with Crippen LogP contribution in [0, 0.1) is 0 Å². The van der Waals surface area contributed by atoms with Crippen molar-refractivity contribution in [3.8, 4) is 5.75 Å². The van der Waals surface area contributed by atoms with Gasteiger partial charge in [-0.15, -0.1) is 0 Å². The zero-order chi connectivity index (χ0) is 11.7. The van der Waals surface area contributed by atoms with Crippen molar-refractivity contribution in [3.63, 3.8) is 0 Å². The Hall–Kier alpha value is -1.58. The summed E-state index contributed by atoms with van der Waals surface area (Å²) in [6, 6.07) is 6.82. The summed E-state index contributed by atoms with van der Waals surface area (Å²) in [5.41, 5.74) is 0.494. The normalized spacial score (nSPS) is 11.6. The fourth-order valence-corrected chi connectivity index (χ4v) is 1.69. The monoisotopic (exact) mass is 225 g/mol. The fourth-order valence-electron chi connectivity index (χ4n) is 1.69. The molecule has 1 aromatic heterocycles. The number of aromatic nitrogens is 1. The van der Waals surface area contributed by atoms with Gasteiger partial charge in [-0.25, -0.2) is 0 Å². The van der Waals surface area contributed by atoms with Crippen molar-refractivity contribution >= 4 is 10.9 Å². The van der Waals surface area contributed by atoms with Gasteiger partial charge in [-0.05, 0) is 32.0 Å². The molecule has 0 spiro atoms. The highest BCUT2D eigenvalue weighted by molar-refractivity contribution is 5.86. The lowest BCUT2D eigenvalue weighted by Crippen LogP contribution is -2.05. The molecule has 0 aliphatic carbocycles. The maximum Gasteiger partial charge on any atom is 0.319 e. The number of rotatable bonds is 3. The van der Waals surface area contributed by atoms with Crippen LogP contribution in [0.1, 0.15) is 20.4 Å². The van der Waals surface area contributed by atoms with E-state index in [-0.39, 0.29) is 6.10 Å². The maximum atomic E-state index is 12.6. The van der Waals surface area contributed by atoms with Crippen LogP contribution in [0.5, 0.6) is 5.75 Å². The van der Waals surface area contributed by atoms with Gasteiger partial charge in [-0.3, -0.25) is 4.57 Å². The van der Waals surface area contributed by atoms with Gasteiger partial charge >= 0.3 is 6.55 Å². The Bertz CT molecular complexity index is 491. The second-order valence-corrected chi connectivity index (χ2v) is 3.86. The van der Waals surface area contributed by atoms with E-state index < -0.39 is 6.55 Å². The molecule has 0 saturated carbocycles. The van der Waals surface area contributed by atoms with E-state index in [0.29, 0.717) is 11.3 Å². The summed E-state index contributed by atoms with van der Waals surface area (Å²) >= 11 is 0. The zero-order valence-corrected chi connectivity index (χ0v) is 9.15. The van der Waals surface area contributed by atoms with Crippen LogP contribution in [0.3, 0.4) is 0 Å². The van der Waals surface area contributed by atoms with Crippen molar-refractivity contribution in [1.82, 2.24) is 4.57 Å². The Kier molecular flexibility index (Phi) is 2.81. The van der Waals surface area contributed by atoms with E-state index >= 15 is 0 Å².